The lowest BCUT2D eigenvalue weighted by molar-refractivity contribution is 0.142. The summed E-state index contributed by atoms with van der Waals surface area (Å²) in [5, 5.41) is 0. The predicted molar refractivity (Wildman–Crippen MR) is 50.5 cm³/mol. The number of rotatable bonds is 2. The molecule has 4 atom stereocenters. The van der Waals surface area contributed by atoms with E-state index in [-0.39, 0.29) is 0 Å². The summed E-state index contributed by atoms with van der Waals surface area (Å²) in [6.07, 6.45) is 4.12. The number of hydrogen-bond donors (Lipinski definition) is 2. The number of hydrogen-bond acceptors (Lipinski definition) is 2. The summed E-state index contributed by atoms with van der Waals surface area (Å²) in [4.78, 5) is 0. The molecule has 2 nitrogen and oxygen atoms in total. The molecular weight excluding hydrogens is 148 g/mol. The normalized spacial score (nSPS) is 51.8. The van der Waals surface area contributed by atoms with E-state index >= 15 is 0 Å². The zero-order chi connectivity index (χ0) is 8.77. The highest BCUT2D eigenvalue weighted by molar-refractivity contribution is 5.02. The zero-order valence-electron chi connectivity index (χ0n) is 7.92. The van der Waals surface area contributed by atoms with Gasteiger partial charge in [0.1, 0.15) is 0 Å². The molecule has 2 rings (SSSR count). The van der Waals surface area contributed by atoms with Crippen molar-refractivity contribution in [3.05, 3.63) is 0 Å². The molecule has 2 heteroatoms. The van der Waals surface area contributed by atoms with Crippen molar-refractivity contribution in [2.45, 2.75) is 26.2 Å². The molecule has 0 spiro atoms. The van der Waals surface area contributed by atoms with Crippen LogP contribution in [0.4, 0.5) is 0 Å². The van der Waals surface area contributed by atoms with E-state index in [1.54, 1.807) is 0 Å². The van der Waals surface area contributed by atoms with Gasteiger partial charge < -0.3 is 11.5 Å². The van der Waals surface area contributed by atoms with E-state index in [2.05, 4.69) is 6.92 Å². The molecule has 2 aliphatic carbocycles. The van der Waals surface area contributed by atoms with Crippen LogP contribution in [0.15, 0.2) is 0 Å². The van der Waals surface area contributed by atoms with Gasteiger partial charge in [-0.2, -0.15) is 0 Å². The van der Waals surface area contributed by atoms with Gasteiger partial charge in [-0.05, 0) is 55.5 Å². The molecule has 2 aliphatic rings. The van der Waals surface area contributed by atoms with Crippen molar-refractivity contribution < 1.29 is 0 Å². The largest absolute Gasteiger partial charge is 0.330 e. The highest BCUT2D eigenvalue weighted by Gasteiger charge is 2.51. The minimum Gasteiger partial charge on any atom is -0.330 e. The lowest BCUT2D eigenvalue weighted by Crippen LogP contribution is -2.39. The maximum Gasteiger partial charge on any atom is -0.00203 e. The third-order valence-corrected chi connectivity index (χ3v) is 4.21. The van der Waals surface area contributed by atoms with Crippen LogP contribution in [-0.2, 0) is 0 Å². The molecule has 0 radical (unpaired) electrons. The minimum absolute atomic E-state index is 0.424. The first kappa shape index (κ1) is 8.52. The van der Waals surface area contributed by atoms with E-state index in [1.807, 2.05) is 0 Å². The van der Waals surface area contributed by atoms with Crippen LogP contribution in [-0.4, -0.2) is 13.1 Å². The van der Waals surface area contributed by atoms with E-state index < -0.39 is 0 Å². The molecule has 2 fully saturated rings. The first-order chi connectivity index (χ1) is 5.69. The van der Waals surface area contributed by atoms with Crippen molar-refractivity contribution in [1.82, 2.24) is 0 Å². The molecule has 4 N–H and O–H groups in total. The number of fused-ring (bicyclic) bond motifs is 2. The molecule has 0 saturated heterocycles. The van der Waals surface area contributed by atoms with Crippen LogP contribution in [0, 0.1) is 23.2 Å². The molecule has 0 heterocycles. The van der Waals surface area contributed by atoms with Gasteiger partial charge in [-0.3, -0.25) is 0 Å². The van der Waals surface area contributed by atoms with Crippen LogP contribution >= 0.6 is 0 Å². The summed E-state index contributed by atoms with van der Waals surface area (Å²) >= 11 is 0. The fourth-order valence-electron chi connectivity index (χ4n) is 3.57. The monoisotopic (exact) mass is 168 g/mol. The Balaban J connectivity index is 2.14. The minimum atomic E-state index is 0.424. The molecule has 2 saturated carbocycles. The highest BCUT2D eigenvalue weighted by atomic mass is 14.7. The van der Waals surface area contributed by atoms with Gasteiger partial charge in [-0.25, -0.2) is 0 Å². The van der Waals surface area contributed by atoms with Crippen LogP contribution in [0.3, 0.4) is 0 Å². The molecule has 12 heavy (non-hydrogen) atoms. The van der Waals surface area contributed by atoms with Gasteiger partial charge in [-0.15, -0.1) is 0 Å². The molecule has 0 aromatic rings. The quantitative estimate of drug-likeness (QED) is 0.645. The Hall–Kier alpha value is -0.0800. The Labute approximate surface area is 74.7 Å². The molecular formula is C10H20N2. The maximum absolute atomic E-state index is 5.83. The van der Waals surface area contributed by atoms with Crippen LogP contribution in [0.5, 0.6) is 0 Å². The highest BCUT2D eigenvalue weighted by Crippen LogP contribution is 2.57. The van der Waals surface area contributed by atoms with Gasteiger partial charge in [0, 0.05) is 0 Å². The van der Waals surface area contributed by atoms with Crippen molar-refractivity contribution in [3.63, 3.8) is 0 Å². The second kappa shape index (κ2) is 2.71. The van der Waals surface area contributed by atoms with Crippen molar-refractivity contribution in [2.75, 3.05) is 13.1 Å². The molecule has 70 valence electrons. The molecule has 0 aromatic heterocycles. The smallest absolute Gasteiger partial charge is 0.00203 e. The molecule has 3 unspecified atom stereocenters. The third kappa shape index (κ3) is 1.01. The van der Waals surface area contributed by atoms with Gasteiger partial charge in [0.2, 0.25) is 0 Å². The second-order valence-electron chi connectivity index (χ2n) is 5.00. The van der Waals surface area contributed by atoms with E-state index in [9.17, 15) is 0 Å². The molecule has 0 aliphatic heterocycles. The molecule has 2 bridgehead atoms. The first-order valence-electron chi connectivity index (χ1n) is 5.10. The van der Waals surface area contributed by atoms with Gasteiger partial charge in [0.25, 0.3) is 0 Å². The summed E-state index contributed by atoms with van der Waals surface area (Å²) in [7, 11) is 0. The Bertz CT molecular complexity index is 181. The summed E-state index contributed by atoms with van der Waals surface area (Å²) < 4.78 is 0. The summed E-state index contributed by atoms with van der Waals surface area (Å²) in [6.45, 7) is 4.07. The summed E-state index contributed by atoms with van der Waals surface area (Å²) in [6, 6.07) is 0. The van der Waals surface area contributed by atoms with E-state index in [1.165, 1.54) is 19.3 Å². The summed E-state index contributed by atoms with van der Waals surface area (Å²) in [5.41, 5.74) is 12.0. The standard InChI is InChI=1S/C10H20N2/c1-10(6-12)4-7-2-8(5-11)9(10)3-7/h7-9H,2-6,11-12H2,1H3/t7?,8?,9-,10?/m1/s1. The first-order valence-corrected chi connectivity index (χ1v) is 5.10. The topological polar surface area (TPSA) is 52.0 Å². The molecule has 0 amide bonds. The van der Waals surface area contributed by atoms with E-state index in [4.69, 9.17) is 11.5 Å². The van der Waals surface area contributed by atoms with Crippen molar-refractivity contribution in [2.24, 2.45) is 34.6 Å². The van der Waals surface area contributed by atoms with E-state index in [0.29, 0.717) is 5.41 Å². The van der Waals surface area contributed by atoms with Gasteiger partial charge >= 0.3 is 0 Å². The van der Waals surface area contributed by atoms with Crippen LogP contribution < -0.4 is 11.5 Å². The van der Waals surface area contributed by atoms with Crippen LogP contribution in [0.25, 0.3) is 0 Å². The third-order valence-electron chi connectivity index (χ3n) is 4.21. The maximum atomic E-state index is 5.83. The van der Waals surface area contributed by atoms with Gasteiger partial charge in [-0.1, -0.05) is 6.92 Å². The molecule has 0 aromatic carbocycles. The fourth-order valence-corrected chi connectivity index (χ4v) is 3.57. The SMILES string of the molecule is CC1(CN)CC2CC(CN)[C@H]1C2. The Morgan fingerprint density at radius 3 is 2.58 bits per heavy atom. The van der Waals surface area contributed by atoms with Crippen LogP contribution in [0.1, 0.15) is 26.2 Å². The lowest BCUT2D eigenvalue weighted by atomic mass is 9.70. The Morgan fingerprint density at radius 2 is 2.08 bits per heavy atom. The fraction of sp³-hybridized carbons (Fsp3) is 1.00. The van der Waals surface area contributed by atoms with Crippen LogP contribution in [0.2, 0.25) is 0 Å². The summed E-state index contributed by atoms with van der Waals surface area (Å²) in [5.74, 6) is 2.55. The average molecular weight is 168 g/mol. The Morgan fingerprint density at radius 1 is 1.33 bits per heavy atom. The van der Waals surface area contributed by atoms with Crippen molar-refractivity contribution >= 4 is 0 Å². The van der Waals surface area contributed by atoms with Gasteiger partial charge in [0.05, 0.1) is 0 Å². The lowest BCUT2D eigenvalue weighted by Gasteiger charge is -2.37. The average Bonchev–Trinajstić information content (AvgIpc) is 2.60. The Kier molecular flexibility index (Phi) is 1.92. The van der Waals surface area contributed by atoms with Gasteiger partial charge in [0.15, 0.2) is 0 Å². The number of nitrogens with two attached hydrogens (primary N) is 2. The predicted octanol–water partition coefficient (Wildman–Crippen LogP) is 0.956. The zero-order valence-corrected chi connectivity index (χ0v) is 7.92. The second-order valence-corrected chi connectivity index (χ2v) is 5.00. The van der Waals surface area contributed by atoms with Crippen molar-refractivity contribution in [1.29, 1.82) is 0 Å². The van der Waals surface area contributed by atoms with Crippen molar-refractivity contribution in [3.8, 4) is 0 Å². The van der Waals surface area contributed by atoms with E-state index in [0.717, 1.165) is 30.8 Å².